The van der Waals surface area contributed by atoms with E-state index < -0.39 is 0 Å². The Morgan fingerprint density at radius 2 is 2.22 bits per heavy atom. The number of aliphatic imine (C=N–C) groups is 1. The number of nitrogens with one attached hydrogen (secondary N) is 1. The first-order valence-corrected chi connectivity index (χ1v) is 8.70. The topological polar surface area (TPSA) is 24.4 Å². The minimum Gasteiger partial charge on any atom is -0.358 e. The fraction of sp³-hybridized carbons (Fsp3) is 0.643. The van der Waals surface area contributed by atoms with Crippen LogP contribution in [0.3, 0.4) is 0 Å². The van der Waals surface area contributed by atoms with Crippen LogP contribution in [0, 0.1) is 5.92 Å². The molecule has 2 atom stereocenters. The normalized spacial score (nSPS) is 31.0. The van der Waals surface area contributed by atoms with Gasteiger partial charge >= 0.3 is 0 Å². The van der Waals surface area contributed by atoms with Crippen LogP contribution in [-0.2, 0) is 6.42 Å². The van der Waals surface area contributed by atoms with Crippen molar-refractivity contribution in [1.82, 2.24) is 5.32 Å². The van der Waals surface area contributed by atoms with Crippen LogP contribution in [-0.4, -0.2) is 17.0 Å². The Morgan fingerprint density at radius 3 is 3.11 bits per heavy atom. The van der Waals surface area contributed by atoms with Gasteiger partial charge in [0.05, 0.1) is 12.6 Å². The lowest BCUT2D eigenvalue weighted by Gasteiger charge is -2.24. The van der Waals surface area contributed by atoms with E-state index in [1.54, 1.807) is 4.88 Å². The van der Waals surface area contributed by atoms with Crippen LogP contribution in [0.1, 0.15) is 42.2 Å². The van der Waals surface area contributed by atoms with E-state index in [9.17, 15) is 0 Å². The standard InChI is InChI=1S/C14H18N2S2/c1-2-11(10-6-7-17-12(10)3-1)16-14-15-8-13(18-14)9-4-5-9/h6-7,9,11,13H,1-5,8H2,(H,15,16). The summed E-state index contributed by atoms with van der Waals surface area (Å²) >= 11 is 3.91. The van der Waals surface area contributed by atoms with E-state index in [2.05, 4.69) is 16.8 Å². The summed E-state index contributed by atoms with van der Waals surface area (Å²) in [6, 6.07) is 2.82. The fourth-order valence-electron chi connectivity index (χ4n) is 2.97. The molecule has 2 heterocycles. The van der Waals surface area contributed by atoms with Gasteiger partial charge in [-0.2, -0.15) is 0 Å². The maximum atomic E-state index is 4.70. The van der Waals surface area contributed by atoms with Crippen LogP contribution in [0.4, 0.5) is 0 Å². The number of hydrogen-bond acceptors (Lipinski definition) is 4. The van der Waals surface area contributed by atoms with E-state index in [0.29, 0.717) is 6.04 Å². The molecule has 0 bridgehead atoms. The Labute approximate surface area is 116 Å². The van der Waals surface area contributed by atoms with Gasteiger partial charge in [-0.3, -0.25) is 4.99 Å². The monoisotopic (exact) mass is 278 g/mol. The molecular formula is C14H18N2S2. The molecule has 4 rings (SSSR count). The number of aryl methyl sites for hydroxylation is 1. The molecule has 3 aliphatic rings. The summed E-state index contributed by atoms with van der Waals surface area (Å²) < 4.78 is 0. The second-order valence-corrected chi connectivity index (χ2v) is 7.76. The number of rotatable bonds is 2. The van der Waals surface area contributed by atoms with Crippen LogP contribution in [0.2, 0.25) is 0 Å². The summed E-state index contributed by atoms with van der Waals surface area (Å²) in [7, 11) is 0. The highest BCUT2D eigenvalue weighted by Gasteiger charge is 2.36. The number of nitrogens with zero attached hydrogens (tertiary/aromatic N) is 1. The second kappa shape index (κ2) is 4.57. The predicted octanol–water partition coefficient (Wildman–Crippen LogP) is 3.60. The molecule has 96 valence electrons. The molecule has 0 amide bonds. The Morgan fingerprint density at radius 1 is 1.28 bits per heavy atom. The van der Waals surface area contributed by atoms with Crippen molar-refractivity contribution in [1.29, 1.82) is 0 Å². The van der Waals surface area contributed by atoms with Crippen LogP contribution < -0.4 is 5.32 Å². The molecule has 2 unspecified atom stereocenters. The lowest BCUT2D eigenvalue weighted by molar-refractivity contribution is 0.536. The van der Waals surface area contributed by atoms with E-state index in [1.165, 1.54) is 42.8 Å². The molecule has 0 saturated heterocycles. The van der Waals surface area contributed by atoms with E-state index in [4.69, 9.17) is 4.99 Å². The Hall–Kier alpha value is -0.480. The molecule has 4 heteroatoms. The van der Waals surface area contributed by atoms with Crippen molar-refractivity contribution < 1.29 is 0 Å². The number of thiophene rings is 1. The maximum absolute atomic E-state index is 4.70. The highest BCUT2D eigenvalue weighted by Crippen LogP contribution is 2.42. The third-order valence-electron chi connectivity index (χ3n) is 4.18. The first-order valence-electron chi connectivity index (χ1n) is 6.94. The molecule has 0 aromatic carbocycles. The smallest absolute Gasteiger partial charge is 0.157 e. The largest absolute Gasteiger partial charge is 0.358 e. The molecule has 1 fully saturated rings. The van der Waals surface area contributed by atoms with E-state index in [0.717, 1.165) is 17.7 Å². The first-order chi connectivity index (χ1) is 8.90. The first kappa shape index (κ1) is 11.4. The molecule has 0 spiro atoms. The van der Waals surface area contributed by atoms with Gasteiger partial charge in [0, 0.05) is 10.1 Å². The van der Waals surface area contributed by atoms with Gasteiger partial charge in [-0.25, -0.2) is 0 Å². The average Bonchev–Trinajstić information content (AvgIpc) is 2.94. The number of hydrogen-bond donors (Lipinski definition) is 1. The highest BCUT2D eigenvalue weighted by molar-refractivity contribution is 8.14. The third-order valence-corrected chi connectivity index (χ3v) is 6.48. The zero-order chi connectivity index (χ0) is 11.9. The van der Waals surface area contributed by atoms with Crippen LogP contribution in [0.5, 0.6) is 0 Å². The van der Waals surface area contributed by atoms with Crippen molar-refractivity contribution in [2.24, 2.45) is 10.9 Å². The maximum Gasteiger partial charge on any atom is 0.157 e. The van der Waals surface area contributed by atoms with Gasteiger partial charge in [0.1, 0.15) is 0 Å². The van der Waals surface area contributed by atoms with Crippen molar-refractivity contribution in [3.8, 4) is 0 Å². The van der Waals surface area contributed by atoms with E-state index in [-0.39, 0.29) is 0 Å². The number of fused-ring (bicyclic) bond motifs is 1. The minimum absolute atomic E-state index is 0.518. The Bertz CT molecular complexity index is 476. The van der Waals surface area contributed by atoms with Gasteiger partial charge in [-0.1, -0.05) is 11.8 Å². The summed E-state index contributed by atoms with van der Waals surface area (Å²) in [4.78, 5) is 6.29. The van der Waals surface area contributed by atoms with Crippen molar-refractivity contribution in [3.63, 3.8) is 0 Å². The van der Waals surface area contributed by atoms with Gasteiger partial charge < -0.3 is 5.32 Å². The lowest BCUT2D eigenvalue weighted by Crippen LogP contribution is -2.28. The quantitative estimate of drug-likeness (QED) is 0.894. The van der Waals surface area contributed by atoms with Crippen LogP contribution >= 0.6 is 23.1 Å². The van der Waals surface area contributed by atoms with E-state index >= 15 is 0 Å². The molecule has 2 aliphatic carbocycles. The fourth-order valence-corrected chi connectivity index (χ4v) is 5.22. The van der Waals surface area contributed by atoms with Gasteiger partial charge in [0.2, 0.25) is 0 Å². The zero-order valence-electron chi connectivity index (χ0n) is 10.4. The average molecular weight is 278 g/mol. The molecule has 1 saturated carbocycles. The summed E-state index contributed by atoms with van der Waals surface area (Å²) in [6.07, 6.45) is 6.71. The molecule has 1 aromatic heterocycles. The van der Waals surface area contributed by atoms with E-state index in [1.807, 2.05) is 23.1 Å². The molecule has 0 radical (unpaired) electrons. The molecule has 2 nitrogen and oxygen atoms in total. The zero-order valence-corrected chi connectivity index (χ0v) is 12.0. The summed E-state index contributed by atoms with van der Waals surface area (Å²) in [6.45, 7) is 1.04. The molecule has 1 aromatic rings. The molecule has 1 N–H and O–H groups in total. The summed E-state index contributed by atoms with van der Waals surface area (Å²) in [5.41, 5.74) is 1.53. The summed E-state index contributed by atoms with van der Waals surface area (Å²) in [5, 5.41) is 7.91. The SMILES string of the molecule is c1cc2c(s1)CCCC2NC1=NCC(C2CC2)S1. The Kier molecular flexibility index (Phi) is 2.88. The molecular weight excluding hydrogens is 260 g/mol. The molecule has 18 heavy (non-hydrogen) atoms. The minimum atomic E-state index is 0.518. The van der Waals surface area contributed by atoms with Crippen molar-refractivity contribution in [2.45, 2.75) is 43.4 Å². The number of amidine groups is 1. The predicted molar refractivity (Wildman–Crippen MR) is 79.5 cm³/mol. The summed E-state index contributed by atoms with van der Waals surface area (Å²) in [5.74, 6) is 0.959. The van der Waals surface area contributed by atoms with Crippen LogP contribution in [0.15, 0.2) is 16.4 Å². The molecule has 1 aliphatic heterocycles. The van der Waals surface area contributed by atoms with Crippen molar-refractivity contribution in [2.75, 3.05) is 6.54 Å². The van der Waals surface area contributed by atoms with Crippen LogP contribution in [0.25, 0.3) is 0 Å². The Balaban J connectivity index is 1.44. The lowest BCUT2D eigenvalue weighted by atomic mass is 9.94. The van der Waals surface area contributed by atoms with Crippen molar-refractivity contribution >= 4 is 28.3 Å². The van der Waals surface area contributed by atoms with Crippen molar-refractivity contribution in [3.05, 3.63) is 21.9 Å². The highest BCUT2D eigenvalue weighted by atomic mass is 32.2. The van der Waals surface area contributed by atoms with Gasteiger partial charge in [-0.05, 0) is 55.0 Å². The second-order valence-electron chi connectivity index (χ2n) is 5.53. The van der Waals surface area contributed by atoms with Gasteiger partial charge in [0.25, 0.3) is 0 Å². The third kappa shape index (κ3) is 2.10. The van der Waals surface area contributed by atoms with Gasteiger partial charge in [-0.15, -0.1) is 11.3 Å². The number of thioether (sulfide) groups is 1. The van der Waals surface area contributed by atoms with Gasteiger partial charge in [0.15, 0.2) is 5.17 Å².